The van der Waals surface area contributed by atoms with Gasteiger partial charge in [-0.1, -0.05) is 6.07 Å². The molecule has 0 saturated heterocycles. The first-order valence-electron chi connectivity index (χ1n) is 7.24. The second kappa shape index (κ2) is 7.40. The maximum atomic E-state index is 12.2. The van der Waals surface area contributed by atoms with Crippen molar-refractivity contribution in [1.29, 1.82) is 0 Å². The van der Waals surface area contributed by atoms with E-state index in [-0.39, 0.29) is 11.9 Å². The molecule has 0 aliphatic heterocycles. The Morgan fingerprint density at radius 2 is 1.78 bits per heavy atom. The van der Waals surface area contributed by atoms with Gasteiger partial charge in [-0.05, 0) is 36.4 Å². The van der Waals surface area contributed by atoms with Crippen LogP contribution in [0.25, 0.3) is 0 Å². The first-order valence-corrected chi connectivity index (χ1v) is 7.24. The van der Waals surface area contributed by atoms with Crippen LogP contribution in [0.3, 0.4) is 0 Å². The average molecular weight is 312 g/mol. The number of carbonyl (C=O) groups is 2. The van der Waals surface area contributed by atoms with Crippen molar-refractivity contribution in [2.24, 2.45) is 0 Å². The minimum Gasteiger partial charge on any atom is -0.322 e. The first kappa shape index (κ1) is 16.5. The summed E-state index contributed by atoms with van der Waals surface area (Å²) in [7, 11) is 3.42. The lowest BCUT2D eigenvalue weighted by Crippen LogP contribution is -2.31. The molecule has 0 fully saturated rings. The Balaban J connectivity index is 1.96. The molecule has 0 aliphatic rings. The number of hydrogen-bond donors (Lipinski definition) is 1. The summed E-state index contributed by atoms with van der Waals surface area (Å²) in [5.74, 6) is -0.0446. The maximum absolute atomic E-state index is 12.2. The highest BCUT2D eigenvalue weighted by Crippen LogP contribution is 2.17. The zero-order valence-corrected chi connectivity index (χ0v) is 13.5. The molecule has 3 amide bonds. The lowest BCUT2D eigenvalue weighted by molar-refractivity contribution is -0.116. The van der Waals surface area contributed by atoms with E-state index in [1.165, 1.54) is 6.92 Å². The van der Waals surface area contributed by atoms with E-state index < -0.39 is 0 Å². The Hall–Kier alpha value is -2.89. The summed E-state index contributed by atoms with van der Waals surface area (Å²) in [5.41, 5.74) is 2.27. The van der Waals surface area contributed by atoms with E-state index in [1.54, 1.807) is 54.4 Å². The SMILES string of the molecule is CC(=O)N(C)c1ccc(NC(=O)N(C)Cc2ccccn2)cc1. The van der Waals surface area contributed by atoms with Crippen LogP contribution in [-0.2, 0) is 11.3 Å². The summed E-state index contributed by atoms with van der Waals surface area (Å²) in [6.07, 6.45) is 1.70. The molecular formula is C17H20N4O2. The van der Waals surface area contributed by atoms with Gasteiger partial charge in [-0.15, -0.1) is 0 Å². The average Bonchev–Trinajstić information content (AvgIpc) is 2.55. The molecule has 0 bridgehead atoms. The number of hydrogen-bond acceptors (Lipinski definition) is 3. The Bertz CT molecular complexity index is 671. The molecule has 0 radical (unpaired) electrons. The van der Waals surface area contributed by atoms with E-state index in [4.69, 9.17) is 0 Å². The zero-order chi connectivity index (χ0) is 16.8. The van der Waals surface area contributed by atoms with Crippen molar-refractivity contribution in [2.75, 3.05) is 24.3 Å². The van der Waals surface area contributed by atoms with E-state index in [0.29, 0.717) is 12.2 Å². The Morgan fingerprint density at radius 3 is 2.35 bits per heavy atom. The van der Waals surface area contributed by atoms with Crippen LogP contribution < -0.4 is 10.2 Å². The third-order valence-electron chi connectivity index (χ3n) is 3.45. The van der Waals surface area contributed by atoms with E-state index in [0.717, 1.165) is 11.4 Å². The van der Waals surface area contributed by atoms with Gasteiger partial charge in [-0.3, -0.25) is 9.78 Å². The molecule has 23 heavy (non-hydrogen) atoms. The van der Waals surface area contributed by atoms with Crippen LogP contribution in [0.2, 0.25) is 0 Å². The van der Waals surface area contributed by atoms with E-state index in [9.17, 15) is 9.59 Å². The fourth-order valence-corrected chi connectivity index (χ4v) is 1.98. The van der Waals surface area contributed by atoms with Gasteiger partial charge >= 0.3 is 6.03 Å². The first-order chi connectivity index (χ1) is 11.0. The minimum atomic E-state index is -0.219. The topological polar surface area (TPSA) is 65.5 Å². The molecule has 6 nitrogen and oxygen atoms in total. The van der Waals surface area contributed by atoms with E-state index in [2.05, 4.69) is 10.3 Å². The van der Waals surface area contributed by atoms with Crippen LogP contribution in [0.15, 0.2) is 48.7 Å². The number of aromatic nitrogens is 1. The molecule has 1 aromatic heterocycles. The number of urea groups is 1. The highest BCUT2D eigenvalue weighted by molar-refractivity contribution is 5.92. The number of pyridine rings is 1. The lowest BCUT2D eigenvalue weighted by Gasteiger charge is -2.18. The lowest BCUT2D eigenvalue weighted by atomic mass is 10.2. The van der Waals surface area contributed by atoms with Crippen molar-refractivity contribution in [3.05, 3.63) is 54.4 Å². The van der Waals surface area contributed by atoms with Gasteiger partial charge in [0.05, 0.1) is 12.2 Å². The fraction of sp³-hybridized carbons (Fsp3) is 0.235. The van der Waals surface area contributed by atoms with Gasteiger partial charge in [0.25, 0.3) is 0 Å². The van der Waals surface area contributed by atoms with Crippen LogP contribution in [0, 0.1) is 0 Å². The summed E-state index contributed by atoms with van der Waals surface area (Å²) in [5, 5.41) is 2.81. The molecule has 0 saturated carbocycles. The molecule has 0 atom stereocenters. The maximum Gasteiger partial charge on any atom is 0.321 e. The molecule has 1 N–H and O–H groups in total. The summed E-state index contributed by atoms with van der Waals surface area (Å²) < 4.78 is 0. The van der Waals surface area contributed by atoms with Gasteiger partial charge in [0, 0.05) is 38.6 Å². The monoisotopic (exact) mass is 312 g/mol. The quantitative estimate of drug-likeness (QED) is 0.944. The summed E-state index contributed by atoms with van der Waals surface area (Å²) >= 11 is 0. The minimum absolute atomic E-state index is 0.0446. The van der Waals surface area contributed by atoms with Crippen LogP contribution in [0.4, 0.5) is 16.2 Å². The number of rotatable bonds is 4. The highest BCUT2D eigenvalue weighted by Gasteiger charge is 2.10. The molecule has 0 aliphatic carbocycles. The number of amides is 3. The van der Waals surface area contributed by atoms with Crippen LogP contribution in [0.1, 0.15) is 12.6 Å². The number of benzene rings is 1. The van der Waals surface area contributed by atoms with E-state index in [1.807, 2.05) is 18.2 Å². The normalized spacial score (nSPS) is 10.0. The van der Waals surface area contributed by atoms with Crippen molar-refractivity contribution in [3.8, 4) is 0 Å². The van der Waals surface area contributed by atoms with Gasteiger partial charge in [0.2, 0.25) is 5.91 Å². The van der Waals surface area contributed by atoms with Crippen molar-refractivity contribution in [1.82, 2.24) is 9.88 Å². The third-order valence-corrected chi connectivity index (χ3v) is 3.45. The van der Waals surface area contributed by atoms with Gasteiger partial charge < -0.3 is 15.1 Å². The predicted octanol–water partition coefficient (Wildman–Crippen LogP) is 2.73. The predicted molar refractivity (Wildman–Crippen MR) is 90.2 cm³/mol. The third kappa shape index (κ3) is 4.54. The molecule has 0 unspecified atom stereocenters. The van der Waals surface area contributed by atoms with E-state index >= 15 is 0 Å². The van der Waals surface area contributed by atoms with Gasteiger partial charge in [-0.2, -0.15) is 0 Å². The zero-order valence-electron chi connectivity index (χ0n) is 13.5. The standard InChI is InChI=1S/C17H20N4O2/c1-13(22)21(3)16-9-7-14(8-10-16)19-17(23)20(2)12-15-6-4-5-11-18-15/h4-11H,12H2,1-3H3,(H,19,23). The summed E-state index contributed by atoms with van der Waals surface area (Å²) in [6, 6.07) is 12.5. The number of anilines is 2. The molecule has 6 heteroatoms. The van der Waals surface area contributed by atoms with Crippen LogP contribution >= 0.6 is 0 Å². The second-order valence-electron chi connectivity index (χ2n) is 5.23. The largest absolute Gasteiger partial charge is 0.322 e. The highest BCUT2D eigenvalue weighted by atomic mass is 16.2. The smallest absolute Gasteiger partial charge is 0.321 e. The Kier molecular flexibility index (Phi) is 5.30. The molecule has 1 heterocycles. The van der Waals surface area contributed by atoms with Crippen LogP contribution in [0.5, 0.6) is 0 Å². The molecule has 0 spiro atoms. The van der Waals surface area contributed by atoms with Gasteiger partial charge in [-0.25, -0.2) is 4.79 Å². The second-order valence-corrected chi connectivity index (χ2v) is 5.23. The fourth-order valence-electron chi connectivity index (χ4n) is 1.98. The summed E-state index contributed by atoms with van der Waals surface area (Å²) in [6.45, 7) is 1.93. The van der Waals surface area contributed by atoms with Crippen molar-refractivity contribution < 1.29 is 9.59 Å². The molecule has 120 valence electrons. The van der Waals surface area contributed by atoms with Gasteiger partial charge in [0.1, 0.15) is 0 Å². The number of nitrogens with one attached hydrogen (secondary N) is 1. The number of nitrogens with zero attached hydrogens (tertiary/aromatic N) is 3. The number of carbonyl (C=O) groups excluding carboxylic acids is 2. The van der Waals surface area contributed by atoms with Crippen molar-refractivity contribution >= 4 is 23.3 Å². The molecule has 1 aromatic carbocycles. The molecule has 2 aromatic rings. The molecule has 2 rings (SSSR count). The summed E-state index contributed by atoms with van der Waals surface area (Å²) in [4.78, 5) is 30.8. The molecular weight excluding hydrogens is 292 g/mol. The Morgan fingerprint density at radius 1 is 1.09 bits per heavy atom. The van der Waals surface area contributed by atoms with Crippen LogP contribution in [-0.4, -0.2) is 35.9 Å². The van der Waals surface area contributed by atoms with Crippen molar-refractivity contribution in [3.63, 3.8) is 0 Å². The van der Waals surface area contributed by atoms with Gasteiger partial charge in [0.15, 0.2) is 0 Å². The van der Waals surface area contributed by atoms with Crippen molar-refractivity contribution in [2.45, 2.75) is 13.5 Å². The Labute approximate surface area is 135 Å².